The highest BCUT2D eigenvalue weighted by Gasteiger charge is 2.25. The lowest BCUT2D eigenvalue weighted by Crippen LogP contribution is -2.00. The maximum Gasteiger partial charge on any atom is 0.211 e. The van der Waals surface area contributed by atoms with Gasteiger partial charge in [-0.1, -0.05) is 54.6 Å². The minimum absolute atomic E-state index is 0.749. The monoisotopic (exact) mass is 517 g/mol. The molecule has 2 heterocycles. The summed E-state index contributed by atoms with van der Waals surface area (Å²) in [6.45, 7) is 0. The highest BCUT2D eigenvalue weighted by molar-refractivity contribution is 9.10. The number of hydrogen-bond acceptors (Lipinski definition) is 5. The number of ether oxygens (including phenoxy) is 2. The summed E-state index contributed by atoms with van der Waals surface area (Å²) in [5.74, 6) is 1.50. The minimum Gasteiger partial charge on any atom is -0.496 e. The molecule has 0 aliphatic heterocycles. The summed E-state index contributed by atoms with van der Waals surface area (Å²) in [7, 11) is 3.34. The number of aromatic nitrogens is 3. The second kappa shape index (κ2) is 9.21. The Morgan fingerprint density at radius 1 is 0.788 bits per heavy atom. The summed E-state index contributed by atoms with van der Waals surface area (Å²) in [5, 5.41) is 7.81. The van der Waals surface area contributed by atoms with E-state index in [0.29, 0.717) is 0 Å². The van der Waals surface area contributed by atoms with Gasteiger partial charge in [-0.05, 0) is 40.2 Å². The van der Waals surface area contributed by atoms with Gasteiger partial charge in [0.2, 0.25) is 5.13 Å². The Balaban J connectivity index is 1.75. The molecule has 0 amide bonds. The van der Waals surface area contributed by atoms with Gasteiger partial charge in [-0.2, -0.15) is 5.10 Å². The van der Waals surface area contributed by atoms with Gasteiger partial charge >= 0.3 is 0 Å². The Morgan fingerprint density at radius 2 is 1.39 bits per heavy atom. The minimum atomic E-state index is 0.749. The van der Waals surface area contributed by atoms with Crippen molar-refractivity contribution in [2.75, 3.05) is 14.2 Å². The van der Waals surface area contributed by atoms with E-state index < -0.39 is 0 Å². The third-order valence-corrected chi connectivity index (χ3v) is 6.86. The van der Waals surface area contributed by atoms with E-state index in [2.05, 4.69) is 33.4 Å². The van der Waals surface area contributed by atoms with Crippen molar-refractivity contribution in [3.8, 4) is 50.4 Å². The fourth-order valence-corrected chi connectivity index (χ4v) is 5.19. The van der Waals surface area contributed by atoms with Crippen LogP contribution in [0, 0.1) is 0 Å². The molecule has 0 aliphatic carbocycles. The molecule has 0 N–H and O–H groups in total. The first kappa shape index (κ1) is 21.4. The summed E-state index contributed by atoms with van der Waals surface area (Å²) in [6, 6.07) is 25.9. The van der Waals surface area contributed by atoms with Crippen LogP contribution in [0.4, 0.5) is 0 Å². The molecule has 164 valence electrons. The Labute approximate surface area is 204 Å². The van der Waals surface area contributed by atoms with Crippen molar-refractivity contribution in [3.05, 3.63) is 88.7 Å². The van der Waals surface area contributed by atoms with Crippen LogP contribution < -0.4 is 9.47 Å². The van der Waals surface area contributed by atoms with Crippen molar-refractivity contribution in [3.63, 3.8) is 0 Å². The van der Waals surface area contributed by atoms with E-state index in [4.69, 9.17) is 19.6 Å². The first-order valence-corrected chi connectivity index (χ1v) is 11.9. The van der Waals surface area contributed by atoms with Crippen LogP contribution in [-0.2, 0) is 0 Å². The van der Waals surface area contributed by atoms with Crippen LogP contribution in [0.25, 0.3) is 38.9 Å². The molecule has 0 fully saturated rings. The first-order chi connectivity index (χ1) is 16.2. The predicted molar refractivity (Wildman–Crippen MR) is 136 cm³/mol. The van der Waals surface area contributed by atoms with Crippen molar-refractivity contribution < 1.29 is 9.47 Å². The van der Waals surface area contributed by atoms with E-state index in [1.165, 1.54) is 0 Å². The Bertz CT molecular complexity index is 1410. The van der Waals surface area contributed by atoms with E-state index in [1.807, 2.05) is 71.4 Å². The van der Waals surface area contributed by atoms with Crippen LogP contribution in [0.1, 0.15) is 0 Å². The average Bonchev–Trinajstić information content (AvgIpc) is 3.49. The summed E-state index contributed by atoms with van der Waals surface area (Å²) >= 11 is 5.38. The fraction of sp³-hybridized carbons (Fsp3) is 0.0769. The molecular weight excluding hydrogens is 498 g/mol. The number of halogens is 1. The largest absolute Gasteiger partial charge is 0.496 e. The topological polar surface area (TPSA) is 49.2 Å². The second-order valence-corrected chi connectivity index (χ2v) is 8.83. The van der Waals surface area contributed by atoms with Crippen LogP contribution in [0.15, 0.2) is 88.7 Å². The standard InChI is InChI=1S/C26H20BrN3O2S/c1-31-21-14-8-6-12-18(21)24-23(27)25(19-13-7-9-15-22(19)32-2)30(29-24)26-28-20(16-33-26)17-10-4-3-5-11-17/h3-16H,1-2H3. The van der Waals surface area contributed by atoms with E-state index in [0.717, 1.165) is 54.9 Å². The van der Waals surface area contributed by atoms with E-state index in [-0.39, 0.29) is 0 Å². The Morgan fingerprint density at radius 3 is 2.09 bits per heavy atom. The number of methoxy groups -OCH3 is 2. The molecule has 0 spiro atoms. The summed E-state index contributed by atoms with van der Waals surface area (Å²) in [5.41, 5.74) is 5.41. The van der Waals surface area contributed by atoms with Crippen molar-refractivity contribution in [1.82, 2.24) is 14.8 Å². The van der Waals surface area contributed by atoms with Gasteiger partial charge in [-0.3, -0.25) is 0 Å². The van der Waals surface area contributed by atoms with Gasteiger partial charge in [0.05, 0.1) is 30.1 Å². The van der Waals surface area contributed by atoms with Crippen molar-refractivity contribution in [1.29, 1.82) is 0 Å². The van der Waals surface area contributed by atoms with Gasteiger partial charge in [0.1, 0.15) is 17.2 Å². The predicted octanol–water partition coefficient (Wildman–Crippen LogP) is 7.11. The van der Waals surface area contributed by atoms with E-state index in [9.17, 15) is 0 Å². The number of hydrogen-bond donors (Lipinski definition) is 0. The molecule has 33 heavy (non-hydrogen) atoms. The molecule has 5 nitrogen and oxygen atoms in total. The molecule has 0 atom stereocenters. The van der Waals surface area contributed by atoms with Gasteiger partial charge in [0, 0.05) is 22.1 Å². The van der Waals surface area contributed by atoms with Crippen LogP contribution in [0.5, 0.6) is 11.5 Å². The molecule has 0 radical (unpaired) electrons. The van der Waals surface area contributed by atoms with E-state index in [1.54, 1.807) is 25.6 Å². The number of rotatable bonds is 6. The SMILES string of the molecule is COc1ccccc1-c1nn(-c2nc(-c3ccccc3)cs2)c(-c2ccccc2OC)c1Br. The highest BCUT2D eigenvalue weighted by Crippen LogP contribution is 2.44. The molecule has 0 saturated carbocycles. The lowest BCUT2D eigenvalue weighted by molar-refractivity contribution is 0.416. The zero-order valence-electron chi connectivity index (χ0n) is 18.0. The van der Waals surface area contributed by atoms with Gasteiger partial charge < -0.3 is 9.47 Å². The van der Waals surface area contributed by atoms with Crippen molar-refractivity contribution in [2.24, 2.45) is 0 Å². The molecule has 0 bridgehead atoms. The fourth-order valence-electron chi connectivity index (χ4n) is 3.73. The maximum atomic E-state index is 5.68. The summed E-state index contributed by atoms with van der Waals surface area (Å²) in [4.78, 5) is 4.91. The first-order valence-electron chi connectivity index (χ1n) is 10.3. The molecule has 7 heteroatoms. The smallest absolute Gasteiger partial charge is 0.211 e. The number of benzene rings is 3. The second-order valence-electron chi connectivity index (χ2n) is 7.20. The maximum absolute atomic E-state index is 5.68. The third kappa shape index (κ3) is 3.94. The van der Waals surface area contributed by atoms with Crippen LogP contribution in [-0.4, -0.2) is 29.0 Å². The van der Waals surface area contributed by atoms with Gasteiger partial charge in [0.25, 0.3) is 0 Å². The Kier molecular flexibility index (Phi) is 5.98. The molecule has 3 aromatic carbocycles. The Hall–Kier alpha value is -3.42. The summed E-state index contributed by atoms with van der Waals surface area (Å²) in [6.07, 6.45) is 0. The third-order valence-electron chi connectivity index (χ3n) is 5.29. The molecule has 0 unspecified atom stereocenters. The molecule has 0 aliphatic rings. The molecule has 2 aromatic heterocycles. The van der Waals surface area contributed by atoms with Crippen LogP contribution in [0.2, 0.25) is 0 Å². The lowest BCUT2D eigenvalue weighted by atomic mass is 10.1. The number of nitrogens with zero attached hydrogens (tertiary/aromatic N) is 3. The highest BCUT2D eigenvalue weighted by atomic mass is 79.9. The zero-order valence-corrected chi connectivity index (χ0v) is 20.4. The van der Waals surface area contributed by atoms with Gasteiger partial charge in [-0.25, -0.2) is 9.67 Å². The molecule has 0 saturated heterocycles. The molecular formula is C26H20BrN3O2S. The van der Waals surface area contributed by atoms with E-state index >= 15 is 0 Å². The lowest BCUT2D eigenvalue weighted by Gasteiger charge is -2.10. The van der Waals surface area contributed by atoms with Crippen LogP contribution in [0.3, 0.4) is 0 Å². The average molecular weight is 518 g/mol. The van der Waals surface area contributed by atoms with Crippen molar-refractivity contribution in [2.45, 2.75) is 0 Å². The molecule has 5 rings (SSSR count). The van der Waals surface area contributed by atoms with Gasteiger partial charge in [0.15, 0.2) is 0 Å². The van der Waals surface area contributed by atoms with Crippen molar-refractivity contribution >= 4 is 27.3 Å². The number of thiazole rings is 1. The number of para-hydroxylation sites is 2. The quantitative estimate of drug-likeness (QED) is 0.240. The van der Waals surface area contributed by atoms with Crippen LogP contribution >= 0.6 is 27.3 Å². The zero-order chi connectivity index (χ0) is 22.8. The normalized spacial score (nSPS) is 10.9. The van der Waals surface area contributed by atoms with Gasteiger partial charge in [-0.15, -0.1) is 11.3 Å². The molecule has 5 aromatic rings. The summed E-state index contributed by atoms with van der Waals surface area (Å²) < 4.78 is 14.0.